The molecule has 4 fully saturated rings. The normalized spacial score (nSPS) is 19.7. The van der Waals surface area contributed by atoms with Crippen LogP contribution in [0.5, 0.6) is 11.8 Å². The smallest absolute Gasteiger partial charge is 0.417 e. The number of nitriles is 1. The number of halogens is 5. The van der Waals surface area contributed by atoms with Gasteiger partial charge in [-0.15, -0.1) is 16.4 Å². The van der Waals surface area contributed by atoms with Crippen LogP contribution < -0.4 is 30.7 Å². The third-order valence-electron chi connectivity index (χ3n) is 16.4. The maximum Gasteiger partial charge on any atom is 0.417 e. The van der Waals surface area contributed by atoms with E-state index in [2.05, 4.69) is 20.9 Å². The Morgan fingerprint density at radius 2 is 1.72 bits per heavy atom. The number of aromatic nitrogens is 5. The number of hydrogen-bond acceptors (Lipinski definition) is 16. The van der Waals surface area contributed by atoms with Crippen LogP contribution >= 0.6 is 11.3 Å². The van der Waals surface area contributed by atoms with Crippen molar-refractivity contribution < 1.29 is 56.0 Å². The van der Waals surface area contributed by atoms with Gasteiger partial charge in [0, 0.05) is 78.4 Å². The largest absolute Gasteiger partial charge is 0.486 e. The Bertz CT molecular complexity index is 3890. The van der Waals surface area contributed by atoms with Crippen LogP contribution in [0.3, 0.4) is 0 Å². The number of piperazine rings is 1. The highest BCUT2D eigenvalue weighted by atomic mass is 32.1. The second kappa shape index (κ2) is 23.3. The minimum Gasteiger partial charge on any atom is -0.486 e. The van der Waals surface area contributed by atoms with Gasteiger partial charge in [-0.25, -0.2) is 13.5 Å². The number of carbonyl (C=O) groups is 2. The molecule has 8 aromatic rings. The number of amides is 2. The zero-order valence-electron chi connectivity index (χ0n) is 46.0. The molecule has 3 aromatic heterocycles. The topological polar surface area (TPSA) is 239 Å². The Kier molecular flexibility index (Phi) is 15.6. The number of fused-ring (bicyclic) bond motifs is 4. The molecule has 6 N–H and O–H groups in total. The van der Waals surface area contributed by atoms with Gasteiger partial charge in [-0.3, -0.25) is 9.59 Å². The number of nitrogens with two attached hydrogens (primary N) is 1. The summed E-state index contributed by atoms with van der Waals surface area (Å²) in [7, 11) is 0. The Hall–Kier alpha value is -8.34. The van der Waals surface area contributed by atoms with E-state index in [1.807, 2.05) is 24.8 Å². The lowest BCUT2D eigenvalue weighted by molar-refractivity contribution is -0.142. The van der Waals surface area contributed by atoms with E-state index in [-0.39, 0.29) is 98.4 Å². The lowest BCUT2D eigenvalue weighted by atomic mass is 9.92. The van der Waals surface area contributed by atoms with Gasteiger partial charge >= 0.3 is 12.2 Å². The highest BCUT2D eigenvalue weighted by Crippen LogP contribution is 2.52. The maximum atomic E-state index is 16.0. The molecule has 0 saturated carbocycles. The molecular weight excluding hydrogens is 1130 g/mol. The Labute approximate surface area is 487 Å². The fraction of sp³-hybridized carbons (Fsp3) is 0.361. The molecule has 4 saturated heterocycles. The SMILES string of the molecule is CC(C)[C@@H](C(=O)N1C[C@H](O)C[C@H]1C(=O)N[C@@H](CO)c1ccc(-c2ccccc2F)cc1)n1cc(-c2ccc(COc3c(-c4ccc(F)c5sc(N)c(C#N)c45)c(C(F)(F)F)cc4c(N5C[C@@H]6C[C@H]5CN6)nc(OC5CCOCC5)nc34)cc2)nn1. The van der Waals surface area contributed by atoms with E-state index in [0.29, 0.717) is 72.7 Å². The number of nitrogen functional groups attached to an aromatic ring is 1. The molecule has 12 rings (SSSR count). The summed E-state index contributed by atoms with van der Waals surface area (Å²) < 4.78 is 98.0. The van der Waals surface area contributed by atoms with Crippen LogP contribution in [0.2, 0.25) is 0 Å². The van der Waals surface area contributed by atoms with Crippen molar-refractivity contribution in [2.45, 2.75) is 94.7 Å². The number of hydrogen-bond donors (Lipinski definition) is 5. The summed E-state index contributed by atoms with van der Waals surface area (Å²) >= 11 is 0.755. The standard InChI is InChI=1S/C61H58F5N11O7S/c1-31(2)53(59(81)76-27-38(79)22-49(76)58(80)70-48(29-78)35-13-11-33(12-14-35)40-5-3-4-6-45(40)62)77-28-47(73-74-77)34-9-7-32(8-10-34)30-83-54-51(41-15-16-46(63)55-50(41)43(24-67)56(68)85-55)44(61(64,65)66)23-42-52(54)71-60(84-39-17-19-82-20-18-39)72-57(42)75-26-36-21-37(75)25-69-36/h3-16,23,28,31,36-39,48-49,53,69,78-79H,17-22,25-27,29-30,68H2,1-2H3,(H,70,80)/t36-,37-,38+,48-,49-,53-/m0/s1. The van der Waals surface area contributed by atoms with Gasteiger partial charge < -0.3 is 50.6 Å². The van der Waals surface area contributed by atoms with Crippen molar-refractivity contribution >= 4 is 55.0 Å². The molecule has 5 aromatic carbocycles. The zero-order valence-corrected chi connectivity index (χ0v) is 46.8. The first-order valence-corrected chi connectivity index (χ1v) is 28.8. The molecule has 0 aliphatic carbocycles. The number of β-amino-alcohol motifs (C(OH)–C–C–N with tert-alkyl or cyclic N) is 1. The average molecular weight is 1180 g/mol. The molecule has 2 bridgehead atoms. The second-order valence-corrected chi connectivity index (χ2v) is 23.2. The monoisotopic (exact) mass is 1180 g/mol. The summed E-state index contributed by atoms with van der Waals surface area (Å²) in [6, 6.07) is 22.0. The molecule has 0 unspecified atom stereocenters. The van der Waals surface area contributed by atoms with Crippen molar-refractivity contribution in [3.63, 3.8) is 0 Å². The first kappa shape index (κ1) is 57.1. The van der Waals surface area contributed by atoms with Gasteiger partial charge in [0.2, 0.25) is 11.8 Å². The Morgan fingerprint density at radius 3 is 2.40 bits per heavy atom. The highest BCUT2D eigenvalue weighted by Gasteiger charge is 2.45. The lowest BCUT2D eigenvalue weighted by Gasteiger charge is -2.31. The molecule has 2 amide bonds. The van der Waals surface area contributed by atoms with Crippen LogP contribution in [0.4, 0.5) is 32.8 Å². The third kappa shape index (κ3) is 11.1. The molecular formula is C61H58F5N11O7S. The number of benzene rings is 5. The van der Waals surface area contributed by atoms with E-state index in [1.54, 1.807) is 72.9 Å². The van der Waals surface area contributed by atoms with Crippen molar-refractivity contribution in [1.82, 2.24) is 40.5 Å². The summed E-state index contributed by atoms with van der Waals surface area (Å²) in [4.78, 5) is 41.5. The van der Waals surface area contributed by atoms with E-state index in [0.717, 1.165) is 29.9 Å². The van der Waals surface area contributed by atoms with Gasteiger partial charge in [-0.05, 0) is 52.8 Å². The van der Waals surface area contributed by atoms with Gasteiger partial charge in [-0.2, -0.15) is 28.4 Å². The van der Waals surface area contributed by atoms with Crippen molar-refractivity contribution in [2.24, 2.45) is 5.92 Å². The number of carbonyl (C=O) groups excluding carboxylic acids is 2. The summed E-state index contributed by atoms with van der Waals surface area (Å²) in [5.74, 6) is -2.71. The van der Waals surface area contributed by atoms with E-state index >= 15 is 17.6 Å². The molecule has 24 heteroatoms. The van der Waals surface area contributed by atoms with Crippen LogP contribution in [0.25, 0.3) is 54.5 Å². The molecule has 4 aliphatic rings. The van der Waals surface area contributed by atoms with Crippen LogP contribution in [0.1, 0.15) is 73.9 Å². The first-order valence-electron chi connectivity index (χ1n) is 28.0. The van der Waals surface area contributed by atoms with Crippen LogP contribution in [0, 0.1) is 28.9 Å². The number of likely N-dealkylation sites (tertiary alicyclic amines) is 1. The van der Waals surface area contributed by atoms with Crippen LogP contribution in [-0.2, 0) is 27.1 Å². The number of nitrogens with zero attached hydrogens (tertiary/aromatic N) is 8. The summed E-state index contributed by atoms with van der Waals surface area (Å²) in [5, 5.41) is 46.5. The molecule has 0 radical (unpaired) electrons. The lowest BCUT2D eigenvalue weighted by Crippen LogP contribution is -2.50. The van der Waals surface area contributed by atoms with Gasteiger partial charge in [0.05, 0.1) is 54.0 Å². The zero-order chi connectivity index (χ0) is 59.4. The van der Waals surface area contributed by atoms with E-state index < -0.39 is 71.6 Å². The predicted octanol–water partition coefficient (Wildman–Crippen LogP) is 8.88. The number of aliphatic hydroxyl groups excluding tert-OH is 2. The minimum atomic E-state index is -5.03. The quantitative estimate of drug-likeness (QED) is 0.0568. The van der Waals surface area contributed by atoms with Gasteiger partial charge in [0.25, 0.3) is 0 Å². The molecule has 85 heavy (non-hydrogen) atoms. The first-order chi connectivity index (χ1) is 41.0. The number of rotatable bonds is 16. The van der Waals surface area contributed by atoms with Crippen molar-refractivity contribution in [3.05, 3.63) is 131 Å². The molecule has 440 valence electrons. The fourth-order valence-corrected chi connectivity index (χ4v) is 13.1. The number of anilines is 2. The van der Waals surface area contributed by atoms with Crippen LogP contribution in [-0.4, -0.2) is 122 Å². The number of alkyl halides is 3. The maximum absolute atomic E-state index is 16.0. The van der Waals surface area contributed by atoms with E-state index in [4.69, 9.17) is 29.9 Å². The van der Waals surface area contributed by atoms with Crippen molar-refractivity contribution in [3.8, 4) is 51.3 Å². The Balaban J connectivity index is 0.844. The Morgan fingerprint density at radius 1 is 0.965 bits per heavy atom. The second-order valence-electron chi connectivity index (χ2n) is 22.2. The highest BCUT2D eigenvalue weighted by molar-refractivity contribution is 7.23. The van der Waals surface area contributed by atoms with Crippen LogP contribution in [0.15, 0.2) is 97.2 Å². The molecule has 6 atom stereocenters. The number of nitrogens with one attached hydrogen (secondary N) is 2. The van der Waals surface area contributed by atoms with Crippen molar-refractivity contribution in [2.75, 3.05) is 50.1 Å². The van der Waals surface area contributed by atoms with E-state index in [1.165, 1.54) is 21.7 Å². The van der Waals surface area contributed by atoms with Gasteiger partial charge in [-0.1, -0.05) is 91.9 Å². The van der Waals surface area contributed by atoms with Gasteiger partial charge in [0.15, 0.2) is 5.75 Å². The summed E-state index contributed by atoms with van der Waals surface area (Å²) in [6.07, 6.45) is -3.07. The number of thiophene rings is 1. The number of aliphatic hydroxyl groups is 2. The molecule has 18 nitrogen and oxygen atoms in total. The molecule has 7 heterocycles. The van der Waals surface area contributed by atoms with E-state index in [9.17, 15) is 29.5 Å². The number of ether oxygens (including phenoxy) is 3. The third-order valence-corrected chi connectivity index (χ3v) is 17.4. The predicted molar refractivity (Wildman–Crippen MR) is 306 cm³/mol. The van der Waals surface area contributed by atoms with Gasteiger partial charge in [0.1, 0.15) is 64.5 Å². The molecule has 0 spiro atoms. The summed E-state index contributed by atoms with van der Waals surface area (Å²) in [5.41, 5.74) is 7.25. The molecule has 4 aliphatic heterocycles. The fourth-order valence-electron chi connectivity index (χ4n) is 12.1. The minimum absolute atomic E-state index is 0.00174. The average Bonchev–Trinajstić information content (AvgIpc) is 1.87. The van der Waals surface area contributed by atoms with Crippen molar-refractivity contribution in [1.29, 1.82) is 5.26 Å². The summed E-state index contributed by atoms with van der Waals surface area (Å²) in [6.45, 7) is 4.60.